The minimum atomic E-state index is 0.0414. The molecule has 3 aromatic rings. The number of fused-ring (bicyclic) bond motifs is 1. The molecule has 2 heterocycles. The van der Waals surface area contributed by atoms with Crippen molar-refractivity contribution in [3.63, 3.8) is 0 Å². The Morgan fingerprint density at radius 1 is 1.00 bits per heavy atom. The molecule has 0 spiro atoms. The molecular weight excluding hydrogens is 322 g/mol. The van der Waals surface area contributed by atoms with Crippen molar-refractivity contribution in [3.05, 3.63) is 76.6 Å². The minimum Gasteiger partial charge on any atom is -0.308 e. The third kappa shape index (κ3) is 2.71. The van der Waals surface area contributed by atoms with Gasteiger partial charge >= 0.3 is 0 Å². The van der Waals surface area contributed by atoms with Gasteiger partial charge in [0.15, 0.2) is 0 Å². The molecule has 2 aromatic carbocycles. The summed E-state index contributed by atoms with van der Waals surface area (Å²) in [6.45, 7) is 6.86. The maximum Gasteiger partial charge on any atom is 0.260 e. The van der Waals surface area contributed by atoms with Crippen molar-refractivity contribution in [1.29, 1.82) is 0 Å². The van der Waals surface area contributed by atoms with Crippen LogP contribution < -0.4 is 4.90 Å². The van der Waals surface area contributed by atoms with Crippen LogP contribution in [-0.2, 0) is 6.42 Å². The van der Waals surface area contributed by atoms with E-state index in [0.717, 1.165) is 42.1 Å². The van der Waals surface area contributed by atoms with Gasteiger partial charge in [-0.1, -0.05) is 24.3 Å². The van der Waals surface area contributed by atoms with E-state index in [4.69, 9.17) is 0 Å². The summed E-state index contributed by atoms with van der Waals surface area (Å²) in [6.07, 6.45) is 2.02. The number of amides is 1. The number of anilines is 1. The van der Waals surface area contributed by atoms with Crippen molar-refractivity contribution in [1.82, 2.24) is 9.78 Å². The van der Waals surface area contributed by atoms with Crippen molar-refractivity contribution in [2.45, 2.75) is 33.6 Å². The topological polar surface area (TPSA) is 38.1 Å². The molecule has 0 saturated heterocycles. The number of aryl methyl sites for hydroxylation is 3. The molecule has 4 heteroatoms. The monoisotopic (exact) mass is 345 g/mol. The Morgan fingerprint density at radius 3 is 2.54 bits per heavy atom. The van der Waals surface area contributed by atoms with E-state index in [1.165, 1.54) is 11.1 Å². The van der Waals surface area contributed by atoms with Crippen LogP contribution in [0.4, 0.5) is 5.69 Å². The van der Waals surface area contributed by atoms with Crippen molar-refractivity contribution in [2.24, 2.45) is 0 Å². The molecule has 0 aliphatic carbocycles. The lowest BCUT2D eigenvalue weighted by molar-refractivity contribution is 0.0985. The third-order valence-corrected chi connectivity index (χ3v) is 5.10. The molecule has 26 heavy (non-hydrogen) atoms. The molecule has 0 bridgehead atoms. The van der Waals surface area contributed by atoms with Crippen LogP contribution >= 0.6 is 0 Å². The van der Waals surface area contributed by atoms with E-state index in [0.29, 0.717) is 5.56 Å². The fourth-order valence-corrected chi connectivity index (χ4v) is 3.87. The summed E-state index contributed by atoms with van der Waals surface area (Å²) in [5, 5.41) is 4.57. The Labute approximate surface area is 154 Å². The van der Waals surface area contributed by atoms with Crippen molar-refractivity contribution < 1.29 is 4.79 Å². The Morgan fingerprint density at radius 2 is 1.77 bits per heavy atom. The van der Waals surface area contributed by atoms with Crippen LogP contribution in [0.5, 0.6) is 0 Å². The number of carbonyl (C=O) groups is 1. The van der Waals surface area contributed by atoms with E-state index < -0.39 is 0 Å². The van der Waals surface area contributed by atoms with Crippen molar-refractivity contribution in [3.8, 4) is 5.69 Å². The number of aromatic nitrogens is 2. The normalized spacial score (nSPS) is 13.6. The summed E-state index contributed by atoms with van der Waals surface area (Å²) in [7, 11) is 0. The van der Waals surface area contributed by atoms with E-state index in [1.807, 2.05) is 59.8 Å². The van der Waals surface area contributed by atoms with Gasteiger partial charge in [-0.25, -0.2) is 4.68 Å². The number of hydrogen-bond donors (Lipinski definition) is 0. The number of para-hydroxylation sites is 1. The third-order valence-electron chi connectivity index (χ3n) is 5.10. The van der Waals surface area contributed by atoms with Crippen LogP contribution in [0, 0.1) is 20.8 Å². The second kappa shape index (κ2) is 6.45. The van der Waals surface area contributed by atoms with Crippen LogP contribution in [0.3, 0.4) is 0 Å². The van der Waals surface area contributed by atoms with Crippen molar-refractivity contribution in [2.75, 3.05) is 11.4 Å². The number of hydrogen-bond acceptors (Lipinski definition) is 2. The van der Waals surface area contributed by atoms with Gasteiger partial charge in [-0.15, -0.1) is 0 Å². The van der Waals surface area contributed by atoms with Crippen LogP contribution in [0.1, 0.15) is 39.3 Å². The van der Waals surface area contributed by atoms with E-state index in [2.05, 4.69) is 24.2 Å². The Kier molecular flexibility index (Phi) is 4.11. The summed E-state index contributed by atoms with van der Waals surface area (Å²) in [5.41, 5.74) is 7.09. The van der Waals surface area contributed by atoms with Gasteiger partial charge in [-0.2, -0.15) is 5.10 Å². The van der Waals surface area contributed by atoms with Gasteiger partial charge in [0.05, 0.1) is 16.9 Å². The summed E-state index contributed by atoms with van der Waals surface area (Å²) in [4.78, 5) is 15.4. The molecule has 1 aliphatic rings. The van der Waals surface area contributed by atoms with Gasteiger partial charge in [-0.05, 0) is 69.0 Å². The lowest BCUT2D eigenvalue weighted by Gasteiger charge is -2.31. The average molecular weight is 345 g/mol. The molecule has 0 fully saturated rings. The number of carbonyl (C=O) groups excluding carboxylic acids is 1. The molecule has 0 unspecified atom stereocenters. The molecule has 4 nitrogen and oxygen atoms in total. The molecule has 0 N–H and O–H groups in total. The number of benzene rings is 2. The quantitative estimate of drug-likeness (QED) is 0.691. The first-order chi connectivity index (χ1) is 12.6. The smallest absolute Gasteiger partial charge is 0.260 e. The van der Waals surface area contributed by atoms with Crippen LogP contribution in [0.25, 0.3) is 5.69 Å². The van der Waals surface area contributed by atoms with E-state index in [1.54, 1.807) is 0 Å². The van der Waals surface area contributed by atoms with Gasteiger partial charge in [-0.3, -0.25) is 4.79 Å². The second-order valence-electron chi connectivity index (χ2n) is 6.99. The molecule has 0 atom stereocenters. The fourth-order valence-electron chi connectivity index (χ4n) is 3.87. The van der Waals surface area contributed by atoms with Gasteiger partial charge in [0.2, 0.25) is 0 Å². The Bertz CT molecular complexity index is 987. The molecule has 1 amide bonds. The van der Waals surface area contributed by atoms with E-state index >= 15 is 0 Å². The van der Waals surface area contributed by atoms with E-state index in [9.17, 15) is 4.79 Å². The predicted octanol–water partition coefficient (Wildman–Crippen LogP) is 4.39. The lowest BCUT2D eigenvalue weighted by atomic mass is 9.96. The largest absolute Gasteiger partial charge is 0.308 e. The maximum absolute atomic E-state index is 13.5. The molecule has 4 rings (SSSR count). The molecule has 1 aliphatic heterocycles. The first-order valence-corrected chi connectivity index (χ1v) is 9.09. The first kappa shape index (κ1) is 16.6. The van der Waals surface area contributed by atoms with Gasteiger partial charge in [0.1, 0.15) is 0 Å². The Hall–Kier alpha value is -2.88. The maximum atomic E-state index is 13.5. The van der Waals surface area contributed by atoms with Crippen LogP contribution in [0.2, 0.25) is 0 Å². The second-order valence-corrected chi connectivity index (χ2v) is 6.99. The average Bonchev–Trinajstić information content (AvgIpc) is 2.99. The highest BCUT2D eigenvalue weighted by Gasteiger charge is 2.26. The van der Waals surface area contributed by atoms with Crippen LogP contribution in [-0.4, -0.2) is 22.2 Å². The zero-order valence-electron chi connectivity index (χ0n) is 15.5. The Balaban J connectivity index is 1.80. The van der Waals surface area contributed by atoms with Gasteiger partial charge in [0.25, 0.3) is 5.91 Å². The SMILES string of the molecule is Cc1cc(C)n(-c2ccccc2C(=O)N2CCCc3c(C)cccc32)n1. The summed E-state index contributed by atoms with van der Waals surface area (Å²) in [5.74, 6) is 0.0414. The minimum absolute atomic E-state index is 0.0414. The standard InChI is InChI=1S/C22H23N3O/c1-15-8-6-12-20-18(15)10-7-13-24(20)22(26)19-9-4-5-11-21(19)25-17(3)14-16(2)23-25/h4-6,8-9,11-12,14H,7,10,13H2,1-3H3. The predicted molar refractivity (Wildman–Crippen MR) is 104 cm³/mol. The molecule has 0 saturated carbocycles. The zero-order chi connectivity index (χ0) is 18.3. The molecule has 1 aromatic heterocycles. The van der Waals surface area contributed by atoms with E-state index in [-0.39, 0.29) is 5.91 Å². The zero-order valence-corrected chi connectivity index (χ0v) is 15.5. The van der Waals surface area contributed by atoms with Gasteiger partial charge in [0, 0.05) is 17.9 Å². The number of rotatable bonds is 2. The highest BCUT2D eigenvalue weighted by atomic mass is 16.2. The lowest BCUT2D eigenvalue weighted by Crippen LogP contribution is -2.36. The van der Waals surface area contributed by atoms with Crippen molar-refractivity contribution >= 4 is 11.6 Å². The highest BCUT2D eigenvalue weighted by molar-refractivity contribution is 6.09. The van der Waals surface area contributed by atoms with Gasteiger partial charge < -0.3 is 4.90 Å². The summed E-state index contributed by atoms with van der Waals surface area (Å²) >= 11 is 0. The fraction of sp³-hybridized carbons (Fsp3) is 0.273. The molecule has 0 radical (unpaired) electrons. The van der Waals surface area contributed by atoms with Crippen LogP contribution in [0.15, 0.2) is 48.5 Å². The molecular formula is C22H23N3O. The first-order valence-electron chi connectivity index (χ1n) is 9.09. The number of nitrogens with zero attached hydrogens (tertiary/aromatic N) is 3. The summed E-state index contributed by atoms with van der Waals surface area (Å²) in [6, 6.07) is 16.0. The highest BCUT2D eigenvalue weighted by Crippen LogP contribution is 2.31. The summed E-state index contributed by atoms with van der Waals surface area (Å²) < 4.78 is 1.86. The molecule has 132 valence electrons.